The Labute approximate surface area is 115 Å². The third-order valence-electron chi connectivity index (χ3n) is 3.37. The van der Waals surface area contributed by atoms with Crippen LogP contribution in [0.2, 0.25) is 0 Å². The minimum absolute atomic E-state index is 0.666. The van der Waals surface area contributed by atoms with Gasteiger partial charge in [0.25, 0.3) is 0 Å². The molecule has 0 fully saturated rings. The summed E-state index contributed by atoms with van der Waals surface area (Å²) in [5.41, 5.74) is 3.72. The molecule has 0 aliphatic heterocycles. The first-order valence-corrected chi connectivity index (χ1v) is 6.49. The monoisotopic (exact) mass is 260 g/mol. The first kappa shape index (κ1) is 11.1. The summed E-state index contributed by atoms with van der Waals surface area (Å²) < 4.78 is 1.77. The summed E-state index contributed by atoms with van der Waals surface area (Å²) in [4.78, 5) is 9.24. The molecular weight excluding hydrogens is 248 g/mol. The van der Waals surface area contributed by atoms with Gasteiger partial charge in [-0.1, -0.05) is 24.3 Å². The average molecular weight is 260 g/mol. The molecule has 0 aliphatic carbocycles. The molecule has 1 aromatic carbocycles. The van der Waals surface area contributed by atoms with Crippen LogP contribution >= 0.6 is 0 Å². The van der Waals surface area contributed by atoms with Crippen LogP contribution in [-0.4, -0.2) is 19.6 Å². The smallest absolute Gasteiger partial charge is 0.201 e. The molecule has 3 aromatic heterocycles. The van der Waals surface area contributed by atoms with Gasteiger partial charge in [0.2, 0.25) is 5.82 Å². The molecule has 0 bridgehead atoms. The van der Waals surface area contributed by atoms with Gasteiger partial charge in [0.15, 0.2) is 5.65 Å². The number of benzene rings is 1. The number of aromatic nitrogens is 4. The predicted octanol–water partition coefficient (Wildman–Crippen LogP) is 3.25. The molecule has 3 heterocycles. The molecule has 4 nitrogen and oxygen atoms in total. The summed E-state index contributed by atoms with van der Waals surface area (Å²) in [5, 5.41) is 5.63. The third kappa shape index (κ3) is 1.66. The van der Waals surface area contributed by atoms with Crippen molar-refractivity contribution in [1.29, 1.82) is 0 Å². The minimum atomic E-state index is 0.666. The second-order valence-corrected chi connectivity index (χ2v) is 4.79. The van der Waals surface area contributed by atoms with Gasteiger partial charge in [0, 0.05) is 11.6 Å². The van der Waals surface area contributed by atoms with Gasteiger partial charge in [0.05, 0.1) is 5.52 Å². The molecule has 0 aliphatic rings. The molecule has 96 valence electrons. The fourth-order valence-corrected chi connectivity index (χ4v) is 2.38. The lowest BCUT2D eigenvalue weighted by atomic mass is 10.1. The molecule has 0 atom stereocenters. The maximum absolute atomic E-state index is 4.70. The number of rotatable bonds is 1. The van der Waals surface area contributed by atoms with Crippen molar-refractivity contribution in [2.75, 3.05) is 0 Å². The number of para-hydroxylation sites is 1. The second-order valence-electron chi connectivity index (χ2n) is 4.79. The minimum Gasteiger partial charge on any atom is -0.244 e. The van der Waals surface area contributed by atoms with Gasteiger partial charge in [-0.25, -0.2) is 14.5 Å². The molecule has 0 spiro atoms. The van der Waals surface area contributed by atoms with Gasteiger partial charge in [-0.3, -0.25) is 0 Å². The maximum Gasteiger partial charge on any atom is 0.201 e. The normalized spacial score (nSPS) is 11.2. The number of nitrogens with zero attached hydrogens (tertiary/aromatic N) is 4. The molecule has 0 saturated heterocycles. The van der Waals surface area contributed by atoms with E-state index in [-0.39, 0.29) is 0 Å². The summed E-state index contributed by atoms with van der Waals surface area (Å²) in [6, 6.07) is 16.0. The van der Waals surface area contributed by atoms with Crippen LogP contribution in [0.1, 0.15) is 5.56 Å². The van der Waals surface area contributed by atoms with E-state index in [1.165, 1.54) is 0 Å². The Morgan fingerprint density at radius 3 is 2.70 bits per heavy atom. The van der Waals surface area contributed by atoms with Crippen molar-refractivity contribution in [1.82, 2.24) is 19.6 Å². The highest BCUT2D eigenvalue weighted by molar-refractivity contribution is 5.82. The van der Waals surface area contributed by atoms with E-state index < -0.39 is 0 Å². The van der Waals surface area contributed by atoms with E-state index in [0.717, 1.165) is 27.8 Å². The second kappa shape index (κ2) is 4.13. The van der Waals surface area contributed by atoms with Crippen molar-refractivity contribution < 1.29 is 0 Å². The van der Waals surface area contributed by atoms with Crippen LogP contribution in [-0.2, 0) is 0 Å². The van der Waals surface area contributed by atoms with E-state index in [0.29, 0.717) is 5.82 Å². The van der Waals surface area contributed by atoms with Crippen molar-refractivity contribution in [3.63, 3.8) is 0 Å². The van der Waals surface area contributed by atoms with E-state index in [4.69, 9.17) is 4.98 Å². The topological polar surface area (TPSA) is 43.1 Å². The van der Waals surface area contributed by atoms with Crippen LogP contribution in [0.4, 0.5) is 0 Å². The Morgan fingerprint density at radius 1 is 0.950 bits per heavy atom. The van der Waals surface area contributed by atoms with E-state index in [1.807, 2.05) is 49.5 Å². The standard InChI is InChI=1S/C16H12N4/c1-11-10-12-6-2-3-7-13(12)17-15(11)16-18-14-8-4-5-9-20(14)19-16/h2-10H,1H3. The number of pyridine rings is 2. The summed E-state index contributed by atoms with van der Waals surface area (Å²) in [5.74, 6) is 0.666. The quantitative estimate of drug-likeness (QED) is 0.527. The molecule has 4 heteroatoms. The zero-order valence-electron chi connectivity index (χ0n) is 11.0. The fourth-order valence-electron chi connectivity index (χ4n) is 2.38. The Bertz CT molecular complexity index is 891. The van der Waals surface area contributed by atoms with Gasteiger partial charge in [-0.05, 0) is 36.8 Å². The van der Waals surface area contributed by atoms with Gasteiger partial charge < -0.3 is 0 Å². The van der Waals surface area contributed by atoms with E-state index in [2.05, 4.69) is 22.2 Å². The summed E-state index contributed by atoms with van der Waals surface area (Å²) in [6.07, 6.45) is 1.89. The first-order chi connectivity index (χ1) is 9.81. The molecule has 0 amide bonds. The van der Waals surface area contributed by atoms with Crippen molar-refractivity contribution in [3.05, 3.63) is 60.3 Å². The summed E-state index contributed by atoms with van der Waals surface area (Å²) in [6.45, 7) is 2.04. The van der Waals surface area contributed by atoms with E-state index in [9.17, 15) is 0 Å². The molecule has 0 radical (unpaired) electrons. The van der Waals surface area contributed by atoms with Gasteiger partial charge in [-0.15, -0.1) is 5.10 Å². The molecular formula is C16H12N4. The molecule has 20 heavy (non-hydrogen) atoms. The predicted molar refractivity (Wildman–Crippen MR) is 78.5 cm³/mol. The Balaban J connectivity index is 1.98. The Morgan fingerprint density at radius 2 is 1.80 bits per heavy atom. The molecule has 0 N–H and O–H groups in total. The maximum atomic E-state index is 4.70. The third-order valence-corrected chi connectivity index (χ3v) is 3.37. The highest BCUT2D eigenvalue weighted by atomic mass is 15.3. The summed E-state index contributed by atoms with van der Waals surface area (Å²) in [7, 11) is 0. The molecule has 0 unspecified atom stereocenters. The Kier molecular flexibility index (Phi) is 2.29. The van der Waals surface area contributed by atoms with Gasteiger partial charge in [-0.2, -0.15) is 0 Å². The molecule has 0 saturated carbocycles. The zero-order valence-corrected chi connectivity index (χ0v) is 11.0. The van der Waals surface area contributed by atoms with Crippen molar-refractivity contribution >= 4 is 16.6 Å². The van der Waals surface area contributed by atoms with Crippen LogP contribution in [0.25, 0.3) is 28.1 Å². The fraction of sp³-hybridized carbons (Fsp3) is 0.0625. The van der Waals surface area contributed by atoms with Crippen LogP contribution in [0.3, 0.4) is 0 Å². The average Bonchev–Trinajstić information content (AvgIpc) is 2.90. The number of hydrogen-bond donors (Lipinski definition) is 0. The lowest BCUT2D eigenvalue weighted by molar-refractivity contribution is 0.962. The van der Waals surface area contributed by atoms with Crippen molar-refractivity contribution in [3.8, 4) is 11.5 Å². The zero-order chi connectivity index (χ0) is 13.5. The van der Waals surface area contributed by atoms with Gasteiger partial charge >= 0.3 is 0 Å². The van der Waals surface area contributed by atoms with Crippen LogP contribution in [0, 0.1) is 6.92 Å². The lowest BCUT2D eigenvalue weighted by Crippen LogP contribution is -1.92. The van der Waals surface area contributed by atoms with Crippen LogP contribution in [0.15, 0.2) is 54.7 Å². The Hall–Kier alpha value is -2.75. The van der Waals surface area contributed by atoms with E-state index >= 15 is 0 Å². The van der Waals surface area contributed by atoms with Crippen molar-refractivity contribution in [2.45, 2.75) is 6.92 Å². The lowest BCUT2D eigenvalue weighted by Gasteiger charge is -2.03. The van der Waals surface area contributed by atoms with Crippen LogP contribution < -0.4 is 0 Å². The van der Waals surface area contributed by atoms with Crippen LogP contribution in [0.5, 0.6) is 0 Å². The SMILES string of the molecule is Cc1cc2ccccc2nc1-c1nc2ccccn2n1. The number of hydrogen-bond acceptors (Lipinski definition) is 3. The summed E-state index contributed by atoms with van der Waals surface area (Å²) >= 11 is 0. The van der Waals surface area contributed by atoms with Gasteiger partial charge in [0.1, 0.15) is 5.69 Å². The largest absolute Gasteiger partial charge is 0.244 e. The number of aryl methyl sites for hydroxylation is 1. The first-order valence-electron chi connectivity index (χ1n) is 6.49. The highest BCUT2D eigenvalue weighted by Gasteiger charge is 2.11. The molecule has 4 aromatic rings. The number of fused-ring (bicyclic) bond motifs is 2. The highest BCUT2D eigenvalue weighted by Crippen LogP contribution is 2.23. The van der Waals surface area contributed by atoms with E-state index in [1.54, 1.807) is 4.52 Å². The van der Waals surface area contributed by atoms with Crippen molar-refractivity contribution in [2.24, 2.45) is 0 Å². The molecule has 4 rings (SSSR count).